The summed E-state index contributed by atoms with van der Waals surface area (Å²) >= 11 is 3.40. The molecule has 59 heavy (non-hydrogen) atoms. The van der Waals surface area contributed by atoms with Gasteiger partial charge in [0, 0.05) is 45.3 Å². The number of likely N-dealkylation sites (tertiary alicyclic amines) is 1. The second-order valence-corrected chi connectivity index (χ2v) is 16.9. The summed E-state index contributed by atoms with van der Waals surface area (Å²) in [6.45, 7) is 4.78. The molecule has 6 heterocycles. The van der Waals surface area contributed by atoms with Crippen molar-refractivity contribution in [1.82, 2.24) is 40.4 Å². The van der Waals surface area contributed by atoms with E-state index in [-0.39, 0.29) is 23.8 Å². The molecule has 16 heteroatoms. The first-order valence-electron chi connectivity index (χ1n) is 19.4. The molecule has 2 aromatic carbocycles. The van der Waals surface area contributed by atoms with Crippen molar-refractivity contribution in [3.8, 4) is 32.3 Å². The van der Waals surface area contributed by atoms with E-state index < -0.39 is 30.3 Å². The second kappa shape index (κ2) is 16.9. The maximum Gasteiger partial charge on any atom is 0.407 e. The molecule has 1 saturated heterocycles. The van der Waals surface area contributed by atoms with E-state index in [9.17, 15) is 19.2 Å². The number of hydrogen-bond acceptors (Lipinski definition) is 10. The Morgan fingerprint density at radius 1 is 0.780 bits per heavy atom. The fourth-order valence-corrected chi connectivity index (χ4v) is 10.00. The van der Waals surface area contributed by atoms with Crippen molar-refractivity contribution in [1.29, 1.82) is 0 Å². The van der Waals surface area contributed by atoms with Crippen LogP contribution in [0.15, 0.2) is 91.3 Å². The number of fused-ring (bicyclic) bond motifs is 1. The fourth-order valence-electron chi connectivity index (χ4n) is 7.63. The molecule has 0 radical (unpaired) electrons. The second-order valence-electron chi connectivity index (χ2n) is 14.8. The Kier molecular flexibility index (Phi) is 11.3. The topological polar surface area (TPSA) is 175 Å². The number of carbonyl (C=O) groups is 4. The normalized spacial score (nSPS) is 17.4. The van der Waals surface area contributed by atoms with E-state index in [2.05, 4.69) is 44.9 Å². The molecular weight excluding hydrogens is 789 g/mol. The van der Waals surface area contributed by atoms with Crippen molar-refractivity contribution < 1.29 is 28.7 Å². The van der Waals surface area contributed by atoms with Gasteiger partial charge in [0.15, 0.2) is 0 Å². The summed E-state index contributed by atoms with van der Waals surface area (Å²) in [6.07, 6.45) is 7.93. The van der Waals surface area contributed by atoms with Crippen LogP contribution >= 0.6 is 22.7 Å². The third kappa shape index (κ3) is 8.10. The summed E-state index contributed by atoms with van der Waals surface area (Å²) in [7, 11) is 2.56. The Labute approximate surface area is 348 Å². The van der Waals surface area contributed by atoms with Crippen molar-refractivity contribution in [2.45, 2.75) is 50.9 Å². The summed E-state index contributed by atoms with van der Waals surface area (Å²) in [5.74, 6) is 0.850. The number of nitrogens with zero attached hydrogens (tertiary/aromatic N) is 4. The zero-order valence-corrected chi connectivity index (χ0v) is 34.6. The van der Waals surface area contributed by atoms with Gasteiger partial charge in [0.05, 0.1) is 36.5 Å². The number of thiophene rings is 2. The molecule has 304 valence electrons. The Balaban J connectivity index is 0.937. The maximum atomic E-state index is 13.9. The Bertz CT molecular complexity index is 2470. The SMILES string of the molecule is COC(=O)NC(C(=O)N1CC=C[C@H]1c1nc(-c2ccc(-c3cc4sc(-c5c[nH]c(C6CCCN6C(=O)C(NC(=O)OC)C(C)C)n5)cc4s3)cc2)c[nH]1)c1ccccc1. The van der Waals surface area contributed by atoms with Gasteiger partial charge in [0.2, 0.25) is 5.91 Å². The van der Waals surface area contributed by atoms with Gasteiger partial charge in [-0.2, -0.15) is 0 Å². The number of aromatic nitrogens is 4. The van der Waals surface area contributed by atoms with Gasteiger partial charge in [-0.15, -0.1) is 22.7 Å². The van der Waals surface area contributed by atoms with E-state index >= 15 is 0 Å². The van der Waals surface area contributed by atoms with Crippen molar-refractivity contribution in [2.75, 3.05) is 27.3 Å². The molecule has 14 nitrogen and oxygen atoms in total. The van der Waals surface area contributed by atoms with Gasteiger partial charge in [0.1, 0.15) is 29.8 Å². The molecular formula is C43H44N8O6S2. The van der Waals surface area contributed by atoms with E-state index in [4.69, 9.17) is 19.4 Å². The zero-order valence-electron chi connectivity index (χ0n) is 32.9. The van der Waals surface area contributed by atoms with E-state index in [1.807, 2.05) is 73.6 Å². The van der Waals surface area contributed by atoms with Gasteiger partial charge in [-0.3, -0.25) is 9.59 Å². The van der Waals surface area contributed by atoms with Crippen LogP contribution in [0, 0.1) is 5.92 Å². The Morgan fingerprint density at radius 3 is 2.15 bits per heavy atom. The number of rotatable bonds is 11. The lowest BCUT2D eigenvalue weighted by Crippen LogP contribution is -2.51. The first-order valence-corrected chi connectivity index (χ1v) is 21.0. The lowest BCUT2D eigenvalue weighted by atomic mass is 10.0. The summed E-state index contributed by atoms with van der Waals surface area (Å²) in [6, 6.07) is 19.5. The number of ether oxygens (including phenoxy) is 2. The van der Waals surface area contributed by atoms with Crippen LogP contribution in [0.4, 0.5) is 9.59 Å². The zero-order chi connectivity index (χ0) is 41.2. The number of amides is 4. The number of benzene rings is 2. The van der Waals surface area contributed by atoms with Crippen LogP contribution in [0.25, 0.3) is 41.7 Å². The molecule has 4 N–H and O–H groups in total. The molecule has 0 bridgehead atoms. The number of methoxy groups -OCH3 is 2. The van der Waals surface area contributed by atoms with Crippen molar-refractivity contribution in [3.05, 3.63) is 108 Å². The first-order chi connectivity index (χ1) is 28.6. The predicted molar refractivity (Wildman–Crippen MR) is 226 cm³/mol. The molecule has 2 aliphatic heterocycles. The van der Waals surface area contributed by atoms with Crippen LogP contribution in [-0.2, 0) is 19.1 Å². The van der Waals surface area contributed by atoms with Gasteiger partial charge in [-0.05, 0) is 42.0 Å². The van der Waals surface area contributed by atoms with Gasteiger partial charge in [-0.25, -0.2) is 19.6 Å². The molecule has 4 aromatic heterocycles. The number of hydrogen-bond donors (Lipinski definition) is 4. The van der Waals surface area contributed by atoms with E-state index in [0.717, 1.165) is 60.3 Å². The van der Waals surface area contributed by atoms with E-state index in [1.54, 1.807) is 39.7 Å². The number of H-pyrrole nitrogens is 2. The number of imidazole rings is 2. The fraction of sp³-hybridized carbons (Fsp3) is 0.302. The smallest absolute Gasteiger partial charge is 0.407 e. The predicted octanol–water partition coefficient (Wildman–Crippen LogP) is 7.99. The molecule has 4 amide bonds. The number of nitrogens with one attached hydrogen (secondary N) is 4. The van der Waals surface area contributed by atoms with Crippen LogP contribution in [0.1, 0.15) is 62.0 Å². The molecule has 1 fully saturated rings. The quantitative estimate of drug-likeness (QED) is 0.0951. The average Bonchev–Trinajstić information content (AvgIpc) is 4.10. The highest BCUT2D eigenvalue weighted by Crippen LogP contribution is 2.42. The van der Waals surface area contributed by atoms with Gasteiger partial charge < -0.3 is 39.9 Å². The number of alkyl carbamates (subject to hydrolysis) is 2. The van der Waals surface area contributed by atoms with Crippen LogP contribution in [-0.4, -0.2) is 87.1 Å². The lowest BCUT2D eigenvalue weighted by molar-refractivity contribution is -0.135. The minimum Gasteiger partial charge on any atom is -0.453 e. The third-order valence-electron chi connectivity index (χ3n) is 10.7. The minimum absolute atomic E-state index is 0.104. The summed E-state index contributed by atoms with van der Waals surface area (Å²) in [5, 5.41) is 5.39. The highest BCUT2D eigenvalue weighted by Gasteiger charge is 2.38. The van der Waals surface area contributed by atoms with E-state index in [0.29, 0.717) is 24.5 Å². The minimum atomic E-state index is -0.917. The van der Waals surface area contributed by atoms with Crippen molar-refractivity contribution in [2.24, 2.45) is 5.92 Å². The van der Waals surface area contributed by atoms with Crippen molar-refractivity contribution >= 4 is 56.1 Å². The molecule has 0 saturated carbocycles. The molecule has 6 aromatic rings. The Hall–Kier alpha value is -6.26. The number of aromatic amines is 2. The van der Waals surface area contributed by atoms with Gasteiger partial charge >= 0.3 is 12.2 Å². The van der Waals surface area contributed by atoms with Crippen molar-refractivity contribution in [3.63, 3.8) is 0 Å². The maximum absolute atomic E-state index is 13.9. The molecule has 0 spiro atoms. The highest BCUT2D eigenvalue weighted by atomic mass is 32.1. The summed E-state index contributed by atoms with van der Waals surface area (Å²) < 4.78 is 11.9. The van der Waals surface area contributed by atoms with Crippen LogP contribution in [0.5, 0.6) is 0 Å². The molecule has 3 unspecified atom stereocenters. The largest absolute Gasteiger partial charge is 0.453 e. The highest BCUT2D eigenvalue weighted by molar-refractivity contribution is 7.31. The lowest BCUT2D eigenvalue weighted by Gasteiger charge is -2.29. The average molecular weight is 833 g/mol. The van der Waals surface area contributed by atoms with Crippen LogP contribution in [0.3, 0.4) is 0 Å². The third-order valence-corrected chi connectivity index (χ3v) is 13.1. The standard InChI is InChI=1S/C43H44N8O6S2/c1-24(2)36(48-42(54)56-3)40(52)50-18-8-13-31(50)39-45-23-29(47-39)33-21-35-34(59-33)20-32(58-35)26-16-14-25(15-17-26)28-22-44-38(46-28)30-12-9-19-51(30)41(53)37(49-43(55)57-4)27-10-6-5-7-11-27/h5-7,9-12,14-17,20-24,30-31,36-37H,8,13,18-19H2,1-4H3,(H,44,46)(H,45,47)(H,48,54)(H,49,55)/t30-,31?,36?,37?/m0/s1. The van der Waals surface area contributed by atoms with Gasteiger partial charge in [0.25, 0.3) is 5.91 Å². The van der Waals surface area contributed by atoms with Crippen LogP contribution in [0.2, 0.25) is 0 Å². The van der Waals surface area contributed by atoms with Gasteiger partial charge in [-0.1, -0.05) is 80.6 Å². The Morgan fingerprint density at radius 2 is 1.42 bits per heavy atom. The molecule has 0 aliphatic carbocycles. The number of carbonyl (C=O) groups excluding carboxylic acids is 4. The summed E-state index contributed by atoms with van der Waals surface area (Å²) in [4.78, 5) is 73.7. The van der Waals surface area contributed by atoms with E-state index in [1.165, 1.54) is 14.2 Å². The first kappa shape index (κ1) is 39.6. The van der Waals surface area contributed by atoms with Crippen LogP contribution < -0.4 is 10.6 Å². The monoisotopic (exact) mass is 832 g/mol. The molecule has 8 rings (SSSR count). The molecule has 2 aliphatic rings. The summed E-state index contributed by atoms with van der Waals surface area (Å²) in [5.41, 5.74) is 4.27. The molecule has 4 atom stereocenters.